The van der Waals surface area contributed by atoms with Crippen LogP contribution in [-0.4, -0.2) is 24.8 Å². The van der Waals surface area contributed by atoms with Crippen LogP contribution >= 0.6 is 0 Å². The molecule has 3 unspecified atom stereocenters. The van der Waals surface area contributed by atoms with E-state index in [-0.39, 0.29) is 5.97 Å². The van der Waals surface area contributed by atoms with Gasteiger partial charge in [-0.05, 0) is 48.2 Å². The van der Waals surface area contributed by atoms with Gasteiger partial charge in [0, 0.05) is 5.71 Å². The van der Waals surface area contributed by atoms with E-state index < -0.39 is 5.41 Å². The zero-order chi connectivity index (χ0) is 16.9. The van der Waals surface area contributed by atoms with Crippen molar-refractivity contribution >= 4 is 11.7 Å². The van der Waals surface area contributed by atoms with E-state index in [0.29, 0.717) is 24.5 Å². The lowest BCUT2D eigenvalue weighted by Crippen LogP contribution is -2.54. The number of dihydropyridines is 1. The summed E-state index contributed by atoms with van der Waals surface area (Å²) < 4.78 is 5.47. The van der Waals surface area contributed by atoms with Gasteiger partial charge in [0.1, 0.15) is 5.41 Å². The molecule has 5 rings (SSSR count). The molecule has 0 saturated heterocycles. The zero-order valence-corrected chi connectivity index (χ0v) is 14.7. The molecule has 3 heteroatoms. The van der Waals surface area contributed by atoms with Crippen LogP contribution < -0.4 is 0 Å². The van der Waals surface area contributed by atoms with E-state index in [4.69, 9.17) is 9.73 Å². The maximum absolute atomic E-state index is 12.9. The van der Waals surface area contributed by atoms with Gasteiger partial charge in [-0.2, -0.15) is 0 Å². The number of ether oxygens (including phenoxy) is 1. The topological polar surface area (TPSA) is 38.7 Å². The van der Waals surface area contributed by atoms with Crippen LogP contribution in [0.2, 0.25) is 0 Å². The predicted molar refractivity (Wildman–Crippen MR) is 95.1 cm³/mol. The molecule has 4 aliphatic rings. The highest BCUT2D eigenvalue weighted by atomic mass is 16.5. The maximum Gasteiger partial charge on any atom is 0.322 e. The van der Waals surface area contributed by atoms with E-state index in [0.717, 1.165) is 17.9 Å². The first kappa shape index (κ1) is 15.6. The van der Waals surface area contributed by atoms with Gasteiger partial charge in [0.15, 0.2) is 0 Å². The number of carbonyl (C=O) groups excluding carboxylic acids is 1. The fraction of sp³-hybridized carbons (Fsp3) is 0.524. The number of esters is 1. The summed E-state index contributed by atoms with van der Waals surface area (Å²) in [6, 6.07) is 9.99. The van der Waals surface area contributed by atoms with Gasteiger partial charge in [-0.3, -0.25) is 9.79 Å². The fourth-order valence-electron chi connectivity index (χ4n) is 4.72. The average molecular weight is 323 g/mol. The van der Waals surface area contributed by atoms with Gasteiger partial charge in [0.25, 0.3) is 0 Å². The largest absolute Gasteiger partial charge is 0.465 e. The number of aliphatic imine (C=N–C) groups is 1. The highest BCUT2D eigenvalue weighted by molar-refractivity contribution is 6.05. The summed E-state index contributed by atoms with van der Waals surface area (Å²) in [7, 11) is 0. The van der Waals surface area contributed by atoms with Crippen molar-refractivity contribution in [3.63, 3.8) is 0 Å². The molecule has 0 amide bonds. The Hall–Kier alpha value is -1.90. The Labute approximate surface area is 143 Å². The lowest BCUT2D eigenvalue weighted by atomic mass is 9.46. The third kappa shape index (κ3) is 2.03. The summed E-state index contributed by atoms with van der Waals surface area (Å²) in [5.41, 5.74) is 3.06. The van der Waals surface area contributed by atoms with E-state index in [1.807, 2.05) is 37.3 Å². The Morgan fingerprint density at radius 3 is 2.71 bits per heavy atom. The Morgan fingerprint density at radius 1 is 1.29 bits per heavy atom. The summed E-state index contributed by atoms with van der Waals surface area (Å²) in [4.78, 5) is 17.8. The molecular weight excluding hydrogens is 298 g/mol. The Bertz CT molecular complexity index is 731. The minimum Gasteiger partial charge on any atom is -0.465 e. The fourth-order valence-corrected chi connectivity index (χ4v) is 4.72. The molecule has 0 spiro atoms. The van der Waals surface area contributed by atoms with E-state index in [2.05, 4.69) is 19.9 Å². The van der Waals surface area contributed by atoms with Gasteiger partial charge in [-0.25, -0.2) is 0 Å². The third-order valence-corrected chi connectivity index (χ3v) is 6.47. The van der Waals surface area contributed by atoms with Crippen LogP contribution in [-0.2, 0) is 14.9 Å². The molecule has 126 valence electrons. The Morgan fingerprint density at radius 2 is 2.04 bits per heavy atom. The Kier molecular flexibility index (Phi) is 3.45. The molecule has 2 bridgehead atoms. The van der Waals surface area contributed by atoms with E-state index in [9.17, 15) is 4.79 Å². The first-order valence-electron chi connectivity index (χ1n) is 8.98. The molecule has 1 aromatic carbocycles. The number of allylic oxidation sites excluding steroid dienone is 1. The molecule has 24 heavy (non-hydrogen) atoms. The van der Waals surface area contributed by atoms with Gasteiger partial charge >= 0.3 is 5.97 Å². The molecule has 1 aromatic rings. The number of carbonyl (C=O) groups is 1. The van der Waals surface area contributed by atoms with Crippen molar-refractivity contribution in [3.05, 3.63) is 47.5 Å². The van der Waals surface area contributed by atoms with Crippen molar-refractivity contribution in [3.8, 4) is 0 Å². The van der Waals surface area contributed by atoms with Crippen LogP contribution in [0.25, 0.3) is 0 Å². The van der Waals surface area contributed by atoms with Crippen molar-refractivity contribution in [2.45, 2.75) is 39.0 Å². The normalized spacial score (nSPS) is 32.8. The smallest absolute Gasteiger partial charge is 0.322 e. The van der Waals surface area contributed by atoms with Crippen LogP contribution in [0, 0.1) is 17.3 Å². The van der Waals surface area contributed by atoms with E-state index >= 15 is 0 Å². The SMILES string of the molecule is CCOC(=O)C1(c2ccccc2)C=C2C(=NC1)CC1CC2C1(C)C. The van der Waals surface area contributed by atoms with Gasteiger partial charge < -0.3 is 4.74 Å². The summed E-state index contributed by atoms with van der Waals surface area (Å²) in [6.45, 7) is 7.43. The molecule has 0 aromatic heterocycles. The van der Waals surface area contributed by atoms with Crippen LogP contribution in [0.1, 0.15) is 39.2 Å². The highest BCUT2D eigenvalue weighted by Crippen LogP contribution is 2.61. The van der Waals surface area contributed by atoms with Gasteiger partial charge in [0.05, 0.1) is 13.2 Å². The van der Waals surface area contributed by atoms with E-state index in [1.165, 1.54) is 17.7 Å². The molecule has 3 fully saturated rings. The number of nitrogens with zero attached hydrogens (tertiary/aromatic N) is 1. The standard InChI is InChI=1S/C21H25NO2/c1-4-24-19(23)21(14-8-6-5-7-9-14)12-16-17-10-15(20(17,2)3)11-18(16)22-13-21/h5-9,12,15,17H,4,10-11,13H2,1-3H3. The monoisotopic (exact) mass is 323 g/mol. The van der Waals surface area contributed by atoms with Gasteiger partial charge in [-0.1, -0.05) is 50.3 Å². The molecule has 3 nitrogen and oxygen atoms in total. The van der Waals surface area contributed by atoms with Crippen LogP contribution in [0.4, 0.5) is 0 Å². The van der Waals surface area contributed by atoms with Crippen LogP contribution in [0.3, 0.4) is 0 Å². The first-order chi connectivity index (χ1) is 11.5. The van der Waals surface area contributed by atoms with Crippen molar-refractivity contribution in [1.29, 1.82) is 0 Å². The second-order valence-electron chi connectivity index (χ2n) is 7.93. The summed E-state index contributed by atoms with van der Waals surface area (Å²) in [5, 5.41) is 0. The lowest BCUT2D eigenvalue weighted by Gasteiger charge is -2.59. The third-order valence-electron chi connectivity index (χ3n) is 6.47. The van der Waals surface area contributed by atoms with Crippen molar-refractivity contribution in [2.24, 2.45) is 22.2 Å². The first-order valence-corrected chi connectivity index (χ1v) is 8.98. The second-order valence-corrected chi connectivity index (χ2v) is 7.93. The van der Waals surface area contributed by atoms with Crippen molar-refractivity contribution in [2.75, 3.05) is 13.2 Å². The molecule has 3 saturated carbocycles. The minimum absolute atomic E-state index is 0.175. The summed E-state index contributed by atoms with van der Waals surface area (Å²) in [5.74, 6) is 1.09. The highest BCUT2D eigenvalue weighted by Gasteiger charge is 2.56. The molecule has 3 atom stereocenters. The zero-order valence-electron chi connectivity index (χ0n) is 14.7. The molecule has 1 aliphatic heterocycles. The van der Waals surface area contributed by atoms with Crippen molar-refractivity contribution in [1.82, 2.24) is 0 Å². The molecule has 3 aliphatic carbocycles. The summed E-state index contributed by atoms with van der Waals surface area (Å²) >= 11 is 0. The lowest BCUT2D eigenvalue weighted by molar-refractivity contribution is -0.148. The number of hydrogen-bond acceptors (Lipinski definition) is 3. The number of rotatable bonds is 3. The molecule has 0 N–H and O–H groups in total. The maximum atomic E-state index is 12.9. The Balaban J connectivity index is 1.81. The molecule has 1 heterocycles. The number of benzene rings is 1. The van der Waals surface area contributed by atoms with Crippen LogP contribution in [0.15, 0.2) is 47.0 Å². The van der Waals surface area contributed by atoms with Gasteiger partial charge in [-0.15, -0.1) is 0 Å². The van der Waals surface area contributed by atoms with Gasteiger partial charge in [0.2, 0.25) is 0 Å². The van der Waals surface area contributed by atoms with Crippen LogP contribution in [0.5, 0.6) is 0 Å². The second kappa shape index (κ2) is 5.30. The van der Waals surface area contributed by atoms with Crippen molar-refractivity contribution < 1.29 is 9.53 Å². The molecule has 0 radical (unpaired) electrons. The minimum atomic E-state index is -0.769. The average Bonchev–Trinajstić information content (AvgIpc) is 2.61. The number of hydrogen-bond donors (Lipinski definition) is 0. The van der Waals surface area contributed by atoms with E-state index in [1.54, 1.807) is 0 Å². The summed E-state index contributed by atoms with van der Waals surface area (Å²) in [6.07, 6.45) is 4.49. The quantitative estimate of drug-likeness (QED) is 0.791. The predicted octanol–water partition coefficient (Wildman–Crippen LogP) is 3.93. The molecular formula is C21H25NO2.